The van der Waals surface area contributed by atoms with E-state index in [0.717, 1.165) is 18.5 Å². The second-order valence-corrected chi connectivity index (χ2v) is 6.51. The lowest BCUT2D eigenvalue weighted by molar-refractivity contribution is 0.528. The number of nitrogens with one attached hydrogen (secondary N) is 1. The maximum absolute atomic E-state index is 3.21. The van der Waals surface area contributed by atoms with Crippen LogP contribution in [0.1, 0.15) is 51.5 Å². The van der Waals surface area contributed by atoms with Crippen LogP contribution in [0.3, 0.4) is 0 Å². The first-order chi connectivity index (χ1) is 9.70. The van der Waals surface area contributed by atoms with Crippen LogP contribution in [0, 0.1) is 5.92 Å². The van der Waals surface area contributed by atoms with Crippen molar-refractivity contribution in [2.24, 2.45) is 5.92 Å². The number of benzene rings is 1. The Bertz CT molecular complexity index is 377. The smallest absolute Gasteiger partial charge is 0.0368 e. The van der Waals surface area contributed by atoms with E-state index in [-0.39, 0.29) is 0 Å². The van der Waals surface area contributed by atoms with Gasteiger partial charge in [0.05, 0.1) is 0 Å². The zero-order valence-corrected chi connectivity index (χ0v) is 13.4. The Morgan fingerprint density at radius 1 is 1.15 bits per heavy atom. The predicted molar refractivity (Wildman–Crippen MR) is 88.3 cm³/mol. The normalized spacial score (nSPS) is 16.0. The first-order valence-corrected chi connectivity index (χ1v) is 8.21. The molecule has 0 unspecified atom stereocenters. The number of hydrogen-bond acceptors (Lipinski definition) is 2. The molecule has 0 spiro atoms. The van der Waals surface area contributed by atoms with Gasteiger partial charge in [-0.2, -0.15) is 0 Å². The fourth-order valence-electron chi connectivity index (χ4n) is 3.15. The number of rotatable bonds is 7. The standard InChI is InChI=1S/C18H30N2/c1-15(2)12-13-20(17-6-4-5-7-17)18-10-8-16(9-11-18)14-19-3/h8-11,15,17,19H,4-7,12-14H2,1-3H3. The van der Waals surface area contributed by atoms with Crippen LogP contribution in [-0.4, -0.2) is 19.6 Å². The fraction of sp³-hybridized carbons (Fsp3) is 0.667. The van der Waals surface area contributed by atoms with Gasteiger partial charge in [-0.05, 0) is 49.9 Å². The van der Waals surface area contributed by atoms with Crippen LogP contribution in [-0.2, 0) is 6.54 Å². The van der Waals surface area contributed by atoms with Crippen molar-refractivity contribution in [1.82, 2.24) is 5.32 Å². The lowest BCUT2D eigenvalue weighted by Crippen LogP contribution is -2.34. The van der Waals surface area contributed by atoms with E-state index in [2.05, 4.69) is 48.3 Å². The molecule has 0 aromatic heterocycles. The van der Waals surface area contributed by atoms with Gasteiger partial charge in [-0.3, -0.25) is 0 Å². The largest absolute Gasteiger partial charge is 0.369 e. The van der Waals surface area contributed by atoms with Crippen molar-refractivity contribution in [3.63, 3.8) is 0 Å². The quantitative estimate of drug-likeness (QED) is 0.801. The Morgan fingerprint density at radius 3 is 2.35 bits per heavy atom. The van der Waals surface area contributed by atoms with Crippen LogP contribution in [0.4, 0.5) is 5.69 Å². The first kappa shape index (κ1) is 15.4. The second-order valence-electron chi connectivity index (χ2n) is 6.51. The van der Waals surface area contributed by atoms with Gasteiger partial charge in [-0.1, -0.05) is 38.8 Å². The highest BCUT2D eigenvalue weighted by molar-refractivity contribution is 5.48. The Kier molecular flexibility index (Phi) is 5.90. The Morgan fingerprint density at radius 2 is 1.80 bits per heavy atom. The summed E-state index contributed by atoms with van der Waals surface area (Å²) in [7, 11) is 2.00. The van der Waals surface area contributed by atoms with Gasteiger partial charge in [0.2, 0.25) is 0 Å². The van der Waals surface area contributed by atoms with Crippen LogP contribution in [0.2, 0.25) is 0 Å². The van der Waals surface area contributed by atoms with Crippen molar-refractivity contribution in [2.75, 3.05) is 18.5 Å². The SMILES string of the molecule is CNCc1ccc(N(CCC(C)C)C2CCCC2)cc1. The molecule has 0 saturated heterocycles. The lowest BCUT2D eigenvalue weighted by atomic mass is 10.1. The zero-order valence-electron chi connectivity index (χ0n) is 13.4. The van der Waals surface area contributed by atoms with Crippen molar-refractivity contribution in [1.29, 1.82) is 0 Å². The molecule has 1 N–H and O–H groups in total. The molecular weight excluding hydrogens is 244 g/mol. The molecule has 1 aromatic rings. The molecular formula is C18H30N2. The van der Waals surface area contributed by atoms with Crippen molar-refractivity contribution in [2.45, 2.75) is 58.5 Å². The van der Waals surface area contributed by atoms with Crippen LogP contribution < -0.4 is 10.2 Å². The summed E-state index contributed by atoms with van der Waals surface area (Å²) in [6.07, 6.45) is 6.84. The summed E-state index contributed by atoms with van der Waals surface area (Å²) in [5, 5.41) is 3.21. The van der Waals surface area contributed by atoms with E-state index in [9.17, 15) is 0 Å². The highest BCUT2D eigenvalue weighted by Gasteiger charge is 2.22. The minimum Gasteiger partial charge on any atom is -0.369 e. The maximum Gasteiger partial charge on any atom is 0.0368 e. The highest BCUT2D eigenvalue weighted by Crippen LogP contribution is 2.29. The van der Waals surface area contributed by atoms with E-state index >= 15 is 0 Å². The Labute approximate surface area is 124 Å². The molecule has 0 aliphatic heterocycles. The van der Waals surface area contributed by atoms with Crippen LogP contribution in [0.15, 0.2) is 24.3 Å². The molecule has 20 heavy (non-hydrogen) atoms. The molecule has 112 valence electrons. The fourth-order valence-corrected chi connectivity index (χ4v) is 3.15. The molecule has 1 fully saturated rings. The zero-order chi connectivity index (χ0) is 14.4. The molecule has 1 aromatic carbocycles. The average Bonchev–Trinajstić information content (AvgIpc) is 2.95. The molecule has 2 heteroatoms. The first-order valence-electron chi connectivity index (χ1n) is 8.21. The highest BCUT2D eigenvalue weighted by atomic mass is 15.2. The molecule has 0 amide bonds. The molecule has 0 atom stereocenters. The van der Waals surface area contributed by atoms with Gasteiger partial charge in [0.15, 0.2) is 0 Å². The molecule has 2 nitrogen and oxygen atoms in total. The van der Waals surface area contributed by atoms with E-state index < -0.39 is 0 Å². The molecule has 1 aliphatic rings. The summed E-state index contributed by atoms with van der Waals surface area (Å²) in [5.41, 5.74) is 2.78. The molecule has 0 heterocycles. The topological polar surface area (TPSA) is 15.3 Å². The van der Waals surface area contributed by atoms with Gasteiger partial charge in [0, 0.05) is 24.8 Å². The van der Waals surface area contributed by atoms with Gasteiger partial charge in [0.25, 0.3) is 0 Å². The molecule has 0 radical (unpaired) electrons. The van der Waals surface area contributed by atoms with Gasteiger partial charge in [-0.25, -0.2) is 0 Å². The monoisotopic (exact) mass is 274 g/mol. The molecule has 1 saturated carbocycles. The third kappa shape index (κ3) is 4.24. The van der Waals surface area contributed by atoms with E-state index in [1.807, 2.05) is 7.05 Å². The summed E-state index contributed by atoms with van der Waals surface area (Å²) in [6.45, 7) is 6.80. The average molecular weight is 274 g/mol. The second kappa shape index (κ2) is 7.68. The van der Waals surface area contributed by atoms with E-state index in [4.69, 9.17) is 0 Å². The van der Waals surface area contributed by atoms with Crippen molar-refractivity contribution in [3.05, 3.63) is 29.8 Å². The number of hydrogen-bond donors (Lipinski definition) is 1. The van der Waals surface area contributed by atoms with Crippen molar-refractivity contribution in [3.8, 4) is 0 Å². The Hall–Kier alpha value is -1.02. The van der Waals surface area contributed by atoms with Crippen molar-refractivity contribution >= 4 is 5.69 Å². The summed E-state index contributed by atoms with van der Waals surface area (Å²) in [4.78, 5) is 2.66. The van der Waals surface area contributed by atoms with E-state index in [1.54, 1.807) is 0 Å². The maximum atomic E-state index is 3.21. The van der Waals surface area contributed by atoms with Crippen LogP contribution >= 0.6 is 0 Å². The number of nitrogens with zero attached hydrogens (tertiary/aromatic N) is 1. The minimum absolute atomic E-state index is 0.768. The summed E-state index contributed by atoms with van der Waals surface area (Å²) in [5.74, 6) is 0.780. The van der Waals surface area contributed by atoms with Gasteiger partial charge >= 0.3 is 0 Å². The summed E-state index contributed by atoms with van der Waals surface area (Å²) < 4.78 is 0. The van der Waals surface area contributed by atoms with E-state index in [0.29, 0.717) is 0 Å². The third-order valence-corrected chi connectivity index (χ3v) is 4.36. The third-order valence-electron chi connectivity index (χ3n) is 4.36. The van der Waals surface area contributed by atoms with E-state index in [1.165, 1.54) is 49.9 Å². The molecule has 1 aliphatic carbocycles. The Balaban J connectivity index is 2.07. The number of anilines is 1. The molecule has 0 bridgehead atoms. The van der Waals surface area contributed by atoms with Crippen molar-refractivity contribution < 1.29 is 0 Å². The summed E-state index contributed by atoms with van der Waals surface area (Å²) >= 11 is 0. The molecule has 2 rings (SSSR count). The van der Waals surface area contributed by atoms with Gasteiger partial charge in [0.1, 0.15) is 0 Å². The predicted octanol–water partition coefficient (Wildman–Crippen LogP) is 4.20. The summed E-state index contributed by atoms with van der Waals surface area (Å²) in [6, 6.07) is 9.92. The van der Waals surface area contributed by atoms with Gasteiger partial charge < -0.3 is 10.2 Å². The lowest BCUT2D eigenvalue weighted by Gasteiger charge is -2.32. The minimum atomic E-state index is 0.768. The van der Waals surface area contributed by atoms with Crippen LogP contribution in [0.5, 0.6) is 0 Å². The van der Waals surface area contributed by atoms with Crippen LogP contribution in [0.25, 0.3) is 0 Å². The van der Waals surface area contributed by atoms with Gasteiger partial charge in [-0.15, -0.1) is 0 Å².